The van der Waals surface area contributed by atoms with Gasteiger partial charge in [-0.2, -0.15) is 0 Å². The van der Waals surface area contributed by atoms with Gasteiger partial charge >= 0.3 is 0 Å². The fourth-order valence-electron chi connectivity index (χ4n) is 2.07. The van der Waals surface area contributed by atoms with Gasteiger partial charge in [-0.3, -0.25) is 0 Å². The van der Waals surface area contributed by atoms with E-state index in [1.165, 1.54) is 5.69 Å². The van der Waals surface area contributed by atoms with Crippen LogP contribution in [0.1, 0.15) is 0 Å². The minimum absolute atomic E-state index is 0.738. The highest BCUT2D eigenvalue weighted by Crippen LogP contribution is 2.33. The van der Waals surface area contributed by atoms with Crippen molar-refractivity contribution in [2.24, 2.45) is 0 Å². The van der Waals surface area contributed by atoms with Gasteiger partial charge in [0.25, 0.3) is 0 Å². The van der Waals surface area contributed by atoms with Gasteiger partial charge in [-0.25, -0.2) is 0 Å². The summed E-state index contributed by atoms with van der Waals surface area (Å²) in [4.78, 5) is 2.36. The molecule has 1 fully saturated rings. The topological polar surface area (TPSA) is 24.5 Å². The SMILES string of the molecule is C[Si](C)(C)Oc1cc(Cl)ccc1N1CCNCC1. The van der Waals surface area contributed by atoms with Crippen molar-refractivity contribution in [2.75, 3.05) is 31.1 Å². The standard InChI is InChI=1S/C13H21ClN2OSi/c1-18(2,3)17-13-10-11(14)4-5-12(13)16-8-6-15-7-9-16/h4-5,10,15H,6-9H2,1-3H3. The van der Waals surface area contributed by atoms with E-state index >= 15 is 0 Å². The smallest absolute Gasteiger partial charge is 0.242 e. The molecule has 0 saturated carbocycles. The van der Waals surface area contributed by atoms with Gasteiger partial charge in [0.05, 0.1) is 5.69 Å². The second-order valence-electron chi connectivity index (χ2n) is 5.56. The first-order valence-corrected chi connectivity index (χ1v) is 10.2. The Morgan fingerprint density at radius 2 is 1.89 bits per heavy atom. The van der Waals surface area contributed by atoms with Crippen LogP contribution < -0.4 is 14.6 Å². The normalized spacial score (nSPS) is 16.8. The fraction of sp³-hybridized carbons (Fsp3) is 0.538. The first-order chi connectivity index (χ1) is 8.46. The lowest BCUT2D eigenvalue weighted by Crippen LogP contribution is -2.44. The van der Waals surface area contributed by atoms with Gasteiger partial charge < -0.3 is 14.6 Å². The molecule has 1 heterocycles. The highest BCUT2D eigenvalue weighted by Gasteiger charge is 2.21. The van der Waals surface area contributed by atoms with Crippen LogP contribution in [0.3, 0.4) is 0 Å². The Bertz CT molecular complexity index is 414. The number of hydrogen-bond acceptors (Lipinski definition) is 3. The molecule has 1 N–H and O–H groups in total. The molecule has 0 amide bonds. The van der Waals surface area contributed by atoms with E-state index in [2.05, 4.69) is 35.9 Å². The largest absolute Gasteiger partial charge is 0.543 e. The molecule has 1 aromatic rings. The van der Waals surface area contributed by atoms with E-state index in [0.29, 0.717) is 0 Å². The average molecular weight is 285 g/mol. The van der Waals surface area contributed by atoms with Crippen LogP contribution in [0.5, 0.6) is 5.75 Å². The number of nitrogens with one attached hydrogen (secondary N) is 1. The van der Waals surface area contributed by atoms with Crippen LogP contribution >= 0.6 is 11.6 Å². The van der Waals surface area contributed by atoms with Crippen molar-refractivity contribution in [3.63, 3.8) is 0 Å². The maximum absolute atomic E-state index is 6.16. The van der Waals surface area contributed by atoms with Gasteiger partial charge in [-0.05, 0) is 37.8 Å². The monoisotopic (exact) mass is 284 g/mol. The van der Waals surface area contributed by atoms with Gasteiger partial charge in [0.15, 0.2) is 0 Å². The van der Waals surface area contributed by atoms with Gasteiger partial charge in [0.2, 0.25) is 8.32 Å². The molecule has 0 aromatic heterocycles. The summed E-state index contributed by atoms with van der Waals surface area (Å²) in [6.07, 6.45) is 0. The number of rotatable bonds is 3. The Morgan fingerprint density at radius 1 is 1.22 bits per heavy atom. The molecule has 0 spiro atoms. The van der Waals surface area contributed by atoms with E-state index in [0.717, 1.165) is 37.0 Å². The zero-order chi connectivity index (χ0) is 13.2. The number of nitrogens with zero attached hydrogens (tertiary/aromatic N) is 1. The summed E-state index contributed by atoms with van der Waals surface area (Å²) in [5.74, 6) is 0.934. The second kappa shape index (κ2) is 5.51. The average Bonchev–Trinajstić information content (AvgIpc) is 2.28. The van der Waals surface area contributed by atoms with Crippen molar-refractivity contribution in [1.29, 1.82) is 0 Å². The lowest BCUT2D eigenvalue weighted by molar-refractivity contribution is 0.542. The van der Waals surface area contributed by atoms with Crippen molar-refractivity contribution in [2.45, 2.75) is 19.6 Å². The lowest BCUT2D eigenvalue weighted by atomic mass is 10.2. The van der Waals surface area contributed by atoms with Crippen LogP contribution in [0.15, 0.2) is 18.2 Å². The molecule has 2 rings (SSSR count). The molecule has 0 bridgehead atoms. The molecular weight excluding hydrogens is 264 g/mol. The number of anilines is 1. The summed E-state index contributed by atoms with van der Waals surface area (Å²) in [5, 5.41) is 4.10. The molecule has 1 aliphatic heterocycles. The summed E-state index contributed by atoms with van der Waals surface area (Å²) in [7, 11) is -1.62. The van der Waals surface area contributed by atoms with E-state index in [-0.39, 0.29) is 0 Å². The minimum Gasteiger partial charge on any atom is -0.543 e. The molecule has 0 atom stereocenters. The quantitative estimate of drug-likeness (QED) is 0.864. The lowest BCUT2D eigenvalue weighted by Gasteiger charge is -2.32. The van der Waals surface area contributed by atoms with Crippen molar-refractivity contribution < 1.29 is 4.43 Å². The van der Waals surface area contributed by atoms with Gasteiger partial charge in [0.1, 0.15) is 5.75 Å². The van der Waals surface area contributed by atoms with Gasteiger partial charge in [0, 0.05) is 31.2 Å². The Hall–Kier alpha value is -0.713. The molecule has 18 heavy (non-hydrogen) atoms. The summed E-state index contributed by atoms with van der Waals surface area (Å²) >= 11 is 6.09. The maximum Gasteiger partial charge on any atom is 0.242 e. The molecule has 100 valence electrons. The van der Waals surface area contributed by atoms with Gasteiger partial charge in [-0.1, -0.05) is 11.6 Å². The van der Waals surface area contributed by atoms with Crippen LogP contribution in [0.4, 0.5) is 5.69 Å². The third-order valence-electron chi connectivity index (χ3n) is 2.80. The van der Waals surface area contributed by atoms with Crippen molar-refractivity contribution in [3.8, 4) is 5.75 Å². The Morgan fingerprint density at radius 3 is 2.50 bits per heavy atom. The van der Waals surface area contributed by atoms with Gasteiger partial charge in [-0.15, -0.1) is 0 Å². The Balaban J connectivity index is 2.27. The third-order valence-corrected chi connectivity index (χ3v) is 3.86. The predicted molar refractivity (Wildman–Crippen MR) is 80.5 cm³/mol. The predicted octanol–water partition coefficient (Wildman–Crippen LogP) is 2.96. The van der Waals surface area contributed by atoms with Crippen LogP contribution in [0, 0.1) is 0 Å². The molecule has 5 heteroatoms. The van der Waals surface area contributed by atoms with Crippen molar-refractivity contribution in [3.05, 3.63) is 23.2 Å². The molecular formula is C13H21ClN2OSi. The summed E-state index contributed by atoms with van der Waals surface area (Å²) in [6, 6.07) is 5.95. The fourth-order valence-corrected chi connectivity index (χ4v) is 3.05. The molecule has 1 aromatic carbocycles. The van der Waals surface area contributed by atoms with E-state index in [1.54, 1.807) is 0 Å². The Labute approximate surface area is 115 Å². The molecule has 0 unspecified atom stereocenters. The summed E-state index contributed by atoms with van der Waals surface area (Å²) in [6.45, 7) is 10.7. The molecule has 3 nitrogen and oxygen atoms in total. The second-order valence-corrected chi connectivity index (χ2v) is 10.4. The molecule has 0 aliphatic carbocycles. The van der Waals surface area contributed by atoms with E-state index in [9.17, 15) is 0 Å². The number of hydrogen-bond donors (Lipinski definition) is 1. The first kappa shape index (κ1) is 13.7. The van der Waals surface area contributed by atoms with E-state index in [1.807, 2.05) is 12.1 Å². The van der Waals surface area contributed by atoms with Crippen molar-refractivity contribution in [1.82, 2.24) is 5.32 Å². The highest BCUT2D eigenvalue weighted by molar-refractivity contribution is 6.70. The molecule has 1 aliphatic rings. The maximum atomic E-state index is 6.16. The molecule has 1 saturated heterocycles. The van der Waals surface area contributed by atoms with Crippen molar-refractivity contribution >= 4 is 25.6 Å². The van der Waals surface area contributed by atoms with E-state index in [4.69, 9.17) is 16.0 Å². The van der Waals surface area contributed by atoms with Crippen LogP contribution in [0.25, 0.3) is 0 Å². The highest BCUT2D eigenvalue weighted by atomic mass is 35.5. The van der Waals surface area contributed by atoms with Crippen LogP contribution in [0.2, 0.25) is 24.7 Å². The first-order valence-electron chi connectivity index (χ1n) is 6.40. The minimum atomic E-state index is -1.62. The molecule has 0 radical (unpaired) electrons. The number of benzene rings is 1. The number of piperazine rings is 1. The van der Waals surface area contributed by atoms with Crippen LogP contribution in [-0.4, -0.2) is 34.5 Å². The Kier molecular flexibility index (Phi) is 4.20. The number of halogens is 1. The zero-order valence-corrected chi connectivity index (χ0v) is 13.0. The third kappa shape index (κ3) is 3.64. The zero-order valence-electron chi connectivity index (χ0n) is 11.3. The van der Waals surface area contributed by atoms with Crippen LogP contribution in [-0.2, 0) is 0 Å². The summed E-state index contributed by atoms with van der Waals surface area (Å²) < 4.78 is 6.16. The summed E-state index contributed by atoms with van der Waals surface area (Å²) in [5.41, 5.74) is 1.17. The van der Waals surface area contributed by atoms with E-state index < -0.39 is 8.32 Å².